The minimum atomic E-state index is 0.851. The fourth-order valence-corrected chi connectivity index (χ4v) is 1.41. The zero-order chi connectivity index (χ0) is 10.9. The third kappa shape index (κ3) is 6.07. The number of nitrogens with one attached hydrogen (secondary N) is 2. The molecule has 0 spiro atoms. The van der Waals surface area contributed by atoms with Gasteiger partial charge in [-0.3, -0.25) is 4.99 Å². The van der Waals surface area contributed by atoms with Crippen LogP contribution in [0.3, 0.4) is 0 Å². The van der Waals surface area contributed by atoms with E-state index in [4.69, 9.17) is 0 Å². The van der Waals surface area contributed by atoms with Crippen LogP contribution in [-0.2, 0) is 0 Å². The average molecular weight is 201 g/mol. The van der Waals surface area contributed by atoms with Crippen molar-refractivity contribution in [2.24, 2.45) is 4.99 Å². The number of hydrogen-bond donors (Lipinski definition) is 2. The van der Waals surface area contributed by atoms with Crippen molar-refractivity contribution in [3.63, 3.8) is 0 Å². The fourth-order valence-electron chi connectivity index (χ4n) is 1.41. The lowest BCUT2D eigenvalue weighted by molar-refractivity contribution is -0.905. The molecule has 0 amide bonds. The van der Waals surface area contributed by atoms with Gasteiger partial charge < -0.3 is 15.1 Å². The Labute approximate surface area is 88.0 Å². The molecule has 0 aliphatic carbocycles. The van der Waals surface area contributed by atoms with Crippen molar-refractivity contribution >= 4 is 6.72 Å². The summed E-state index contributed by atoms with van der Waals surface area (Å²) in [6.45, 7) is 9.86. The molecule has 0 unspecified atom stereocenters. The number of likely N-dealkylation sites (N-methyl/N-ethyl adjacent to an activating group) is 3. The van der Waals surface area contributed by atoms with Gasteiger partial charge in [0.2, 0.25) is 0 Å². The Morgan fingerprint density at radius 3 is 1.93 bits per heavy atom. The van der Waals surface area contributed by atoms with Gasteiger partial charge in [-0.1, -0.05) is 0 Å². The van der Waals surface area contributed by atoms with Gasteiger partial charge in [-0.15, -0.1) is 0 Å². The lowest BCUT2D eigenvalue weighted by Crippen LogP contribution is -2.52. The molecule has 0 aromatic rings. The smallest absolute Gasteiger partial charge is 0.0983 e. The normalized spacial score (nSPS) is 11.6. The Balaban J connectivity index is 3.95. The number of rotatable bonds is 9. The van der Waals surface area contributed by atoms with Crippen molar-refractivity contribution in [2.45, 2.75) is 0 Å². The van der Waals surface area contributed by atoms with E-state index in [1.807, 2.05) is 14.1 Å². The van der Waals surface area contributed by atoms with Crippen LogP contribution in [0.25, 0.3) is 0 Å². The molecule has 0 bridgehead atoms. The highest BCUT2D eigenvalue weighted by Crippen LogP contribution is 2.00. The highest BCUT2D eigenvalue weighted by molar-refractivity contribution is 5.23. The topological polar surface area (TPSA) is 36.4 Å². The highest BCUT2D eigenvalue weighted by atomic mass is 15.3. The molecule has 4 heteroatoms. The van der Waals surface area contributed by atoms with Crippen LogP contribution in [0.2, 0.25) is 0 Å². The molecule has 0 aromatic carbocycles. The molecule has 0 saturated carbocycles. The molecular weight excluding hydrogens is 176 g/mol. The van der Waals surface area contributed by atoms with E-state index < -0.39 is 0 Å². The molecular formula is C10H25N4+. The van der Waals surface area contributed by atoms with Crippen molar-refractivity contribution in [1.82, 2.24) is 10.6 Å². The summed E-state index contributed by atoms with van der Waals surface area (Å²) < 4.78 is 1.06. The van der Waals surface area contributed by atoms with E-state index in [0.29, 0.717) is 0 Å². The molecule has 0 rings (SSSR count). The first-order valence-electron chi connectivity index (χ1n) is 5.24. The number of hydrogen-bond acceptors (Lipinski definition) is 3. The lowest BCUT2D eigenvalue weighted by atomic mass is 10.3. The molecule has 0 fully saturated rings. The Morgan fingerprint density at radius 2 is 1.57 bits per heavy atom. The standard InChI is InChI=1S/C10H25N4/c1-11-5-8-14(4,9-6-12-2)10-7-13-3/h12-13H,1,5-10H2,2-4H3/q+1. The maximum atomic E-state index is 3.93. The molecule has 14 heavy (non-hydrogen) atoms. The van der Waals surface area contributed by atoms with Gasteiger partial charge in [0.25, 0.3) is 0 Å². The summed E-state index contributed by atoms with van der Waals surface area (Å²) in [5.41, 5.74) is 0. The maximum Gasteiger partial charge on any atom is 0.0983 e. The largest absolute Gasteiger partial charge is 0.322 e. The Kier molecular flexibility index (Phi) is 7.65. The van der Waals surface area contributed by atoms with Gasteiger partial charge in [-0.05, 0) is 20.8 Å². The van der Waals surface area contributed by atoms with Crippen LogP contribution in [0.5, 0.6) is 0 Å². The van der Waals surface area contributed by atoms with Gasteiger partial charge in [0, 0.05) is 13.1 Å². The number of nitrogens with zero attached hydrogens (tertiary/aromatic N) is 2. The monoisotopic (exact) mass is 201 g/mol. The molecule has 0 aliphatic heterocycles. The van der Waals surface area contributed by atoms with Crippen molar-refractivity contribution in [2.75, 3.05) is 60.4 Å². The summed E-state index contributed by atoms with van der Waals surface area (Å²) in [5, 5.41) is 6.39. The van der Waals surface area contributed by atoms with Crippen molar-refractivity contribution in [1.29, 1.82) is 0 Å². The quantitative estimate of drug-likeness (QED) is 0.392. The van der Waals surface area contributed by atoms with E-state index in [-0.39, 0.29) is 0 Å². The van der Waals surface area contributed by atoms with Crippen molar-refractivity contribution in [3.8, 4) is 0 Å². The van der Waals surface area contributed by atoms with Gasteiger partial charge in [-0.2, -0.15) is 0 Å². The summed E-state index contributed by atoms with van der Waals surface area (Å²) in [6.07, 6.45) is 0. The predicted octanol–water partition coefficient (Wildman–Crippen LogP) is -0.428. The van der Waals surface area contributed by atoms with Gasteiger partial charge in [0.15, 0.2) is 0 Å². The highest BCUT2D eigenvalue weighted by Gasteiger charge is 2.19. The third-order valence-electron chi connectivity index (χ3n) is 2.60. The second-order valence-electron chi connectivity index (χ2n) is 3.94. The summed E-state index contributed by atoms with van der Waals surface area (Å²) in [4.78, 5) is 3.93. The van der Waals surface area contributed by atoms with Gasteiger partial charge in [0.1, 0.15) is 0 Å². The van der Waals surface area contributed by atoms with Gasteiger partial charge in [0.05, 0.1) is 33.2 Å². The van der Waals surface area contributed by atoms with E-state index in [1.165, 1.54) is 0 Å². The van der Waals surface area contributed by atoms with Crippen LogP contribution < -0.4 is 10.6 Å². The van der Waals surface area contributed by atoms with E-state index in [0.717, 1.165) is 43.8 Å². The molecule has 84 valence electrons. The van der Waals surface area contributed by atoms with Gasteiger partial charge in [-0.25, -0.2) is 0 Å². The van der Waals surface area contributed by atoms with Crippen molar-refractivity contribution in [3.05, 3.63) is 0 Å². The van der Waals surface area contributed by atoms with Crippen LogP contribution in [0.15, 0.2) is 4.99 Å². The van der Waals surface area contributed by atoms with E-state index in [9.17, 15) is 0 Å². The maximum absolute atomic E-state index is 3.93. The van der Waals surface area contributed by atoms with Crippen LogP contribution >= 0.6 is 0 Å². The van der Waals surface area contributed by atoms with E-state index >= 15 is 0 Å². The first kappa shape index (κ1) is 13.5. The summed E-state index contributed by atoms with van der Waals surface area (Å²) in [7, 11) is 6.27. The molecule has 2 N–H and O–H groups in total. The molecule has 0 aromatic heterocycles. The van der Waals surface area contributed by atoms with E-state index in [1.54, 1.807) is 0 Å². The Hall–Kier alpha value is -0.450. The second kappa shape index (κ2) is 7.91. The second-order valence-corrected chi connectivity index (χ2v) is 3.94. The van der Waals surface area contributed by atoms with Crippen LogP contribution in [0.1, 0.15) is 0 Å². The minimum Gasteiger partial charge on any atom is -0.322 e. The zero-order valence-electron chi connectivity index (χ0n) is 9.84. The molecule has 0 heterocycles. The molecule has 0 radical (unpaired) electrons. The molecule has 0 atom stereocenters. The van der Waals surface area contributed by atoms with Crippen LogP contribution in [0.4, 0.5) is 0 Å². The first-order chi connectivity index (χ1) is 6.68. The van der Waals surface area contributed by atoms with Crippen LogP contribution in [0, 0.1) is 0 Å². The van der Waals surface area contributed by atoms with Crippen LogP contribution in [-0.4, -0.2) is 71.6 Å². The fraction of sp³-hybridized carbons (Fsp3) is 0.900. The summed E-state index contributed by atoms with van der Waals surface area (Å²) in [6, 6.07) is 0. The van der Waals surface area contributed by atoms with Crippen molar-refractivity contribution < 1.29 is 4.48 Å². The Bertz CT molecular complexity index is 139. The summed E-state index contributed by atoms with van der Waals surface area (Å²) in [5.74, 6) is 0. The minimum absolute atomic E-state index is 0.851. The Morgan fingerprint density at radius 1 is 1.07 bits per heavy atom. The first-order valence-corrected chi connectivity index (χ1v) is 5.24. The molecule has 0 aliphatic rings. The summed E-state index contributed by atoms with van der Waals surface area (Å²) >= 11 is 0. The zero-order valence-corrected chi connectivity index (χ0v) is 9.84. The number of aliphatic imine (C=N–C) groups is 1. The van der Waals surface area contributed by atoms with E-state index in [2.05, 4.69) is 29.4 Å². The SMILES string of the molecule is C=NCC[N+](C)(CCNC)CCNC. The lowest BCUT2D eigenvalue weighted by Gasteiger charge is -2.34. The van der Waals surface area contributed by atoms with Gasteiger partial charge >= 0.3 is 0 Å². The predicted molar refractivity (Wildman–Crippen MR) is 63.1 cm³/mol. The molecule has 0 saturated heterocycles. The molecule has 4 nitrogen and oxygen atoms in total. The number of quaternary nitrogens is 1. The average Bonchev–Trinajstić information content (AvgIpc) is 2.21. The third-order valence-corrected chi connectivity index (χ3v) is 2.60.